The molecule has 1 saturated heterocycles. The number of nitrogens with one attached hydrogen (secondary N) is 1. The molecule has 1 N–H and O–H groups in total. The zero-order valence-corrected chi connectivity index (χ0v) is 16.5. The third kappa shape index (κ3) is 4.39. The van der Waals surface area contributed by atoms with Crippen LogP contribution in [0.2, 0.25) is 0 Å². The number of anilines is 1. The Hall–Kier alpha value is -2.73. The van der Waals surface area contributed by atoms with Gasteiger partial charge in [0, 0.05) is 37.5 Å². The number of hydrogen-bond donors (Lipinski definition) is 1. The lowest BCUT2D eigenvalue weighted by molar-refractivity contribution is -0.134. The average molecular weight is 394 g/mol. The fourth-order valence-electron chi connectivity index (χ4n) is 3.56. The minimum atomic E-state index is -0.0338. The standard InChI is InChI=1S/C22H23N3O2S/c26-21(11-10-20-24-18-8-4-5-9-19(18)28-20)25-14-12-16(13-15-25)22(27)23-17-6-2-1-3-7-17/h1-9,16H,10-15H2,(H,23,27). The van der Waals surface area contributed by atoms with Crippen molar-refractivity contribution in [2.75, 3.05) is 18.4 Å². The Balaban J connectivity index is 1.25. The molecule has 1 fully saturated rings. The summed E-state index contributed by atoms with van der Waals surface area (Å²) in [5.41, 5.74) is 1.82. The van der Waals surface area contributed by atoms with Gasteiger partial charge >= 0.3 is 0 Å². The number of aromatic nitrogens is 1. The number of carbonyl (C=O) groups excluding carboxylic acids is 2. The van der Waals surface area contributed by atoms with E-state index in [4.69, 9.17) is 0 Å². The van der Waals surface area contributed by atoms with E-state index < -0.39 is 0 Å². The monoisotopic (exact) mass is 393 g/mol. The smallest absolute Gasteiger partial charge is 0.227 e. The summed E-state index contributed by atoms with van der Waals surface area (Å²) < 4.78 is 1.16. The Morgan fingerprint density at radius 2 is 1.75 bits per heavy atom. The number of nitrogens with zero attached hydrogens (tertiary/aromatic N) is 2. The van der Waals surface area contributed by atoms with Gasteiger partial charge in [-0.25, -0.2) is 4.98 Å². The largest absolute Gasteiger partial charge is 0.343 e. The Morgan fingerprint density at radius 3 is 2.50 bits per heavy atom. The molecule has 0 radical (unpaired) electrons. The van der Waals surface area contributed by atoms with Crippen LogP contribution in [0, 0.1) is 5.92 Å². The van der Waals surface area contributed by atoms with E-state index in [1.54, 1.807) is 11.3 Å². The van der Waals surface area contributed by atoms with E-state index in [1.165, 1.54) is 0 Å². The summed E-state index contributed by atoms with van der Waals surface area (Å²) in [5.74, 6) is 0.169. The third-order valence-electron chi connectivity index (χ3n) is 5.15. The number of rotatable bonds is 5. The highest BCUT2D eigenvalue weighted by Gasteiger charge is 2.27. The molecule has 3 aromatic rings. The quantitative estimate of drug-likeness (QED) is 0.710. The van der Waals surface area contributed by atoms with Gasteiger partial charge in [0.2, 0.25) is 11.8 Å². The molecule has 0 spiro atoms. The van der Waals surface area contributed by atoms with Gasteiger partial charge in [0.05, 0.1) is 15.2 Å². The molecular weight excluding hydrogens is 370 g/mol. The van der Waals surface area contributed by atoms with Crippen molar-refractivity contribution in [3.05, 3.63) is 59.6 Å². The van der Waals surface area contributed by atoms with Crippen LogP contribution in [-0.4, -0.2) is 34.8 Å². The van der Waals surface area contributed by atoms with Gasteiger partial charge in [0.25, 0.3) is 0 Å². The summed E-state index contributed by atoms with van der Waals surface area (Å²) in [6.45, 7) is 1.29. The molecule has 2 heterocycles. The molecule has 2 amide bonds. The fourth-order valence-corrected chi connectivity index (χ4v) is 4.52. The van der Waals surface area contributed by atoms with Gasteiger partial charge in [-0.1, -0.05) is 30.3 Å². The van der Waals surface area contributed by atoms with E-state index in [-0.39, 0.29) is 17.7 Å². The lowest BCUT2D eigenvalue weighted by atomic mass is 9.95. The molecule has 0 atom stereocenters. The van der Waals surface area contributed by atoms with Crippen molar-refractivity contribution in [2.45, 2.75) is 25.7 Å². The SMILES string of the molecule is O=C(Nc1ccccc1)C1CCN(C(=O)CCc2nc3ccccc3s2)CC1. The highest BCUT2D eigenvalue weighted by Crippen LogP contribution is 2.24. The van der Waals surface area contributed by atoms with Crippen LogP contribution < -0.4 is 5.32 Å². The lowest BCUT2D eigenvalue weighted by Gasteiger charge is -2.31. The first kappa shape index (κ1) is 18.6. The molecule has 0 bridgehead atoms. The molecular formula is C22H23N3O2S. The van der Waals surface area contributed by atoms with E-state index in [0.29, 0.717) is 38.8 Å². The summed E-state index contributed by atoms with van der Waals surface area (Å²) in [5, 5.41) is 3.97. The zero-order chi connectivity index (χ0) is 19.3. The molecule has 0 aliphatic carbocycles. The predicted molar refractivity (Wildman–Crippen MR) is 112 cm³/mol. The molecule has 0 saturated carbocycles. The normalized spacial score (nSPS) is 14.9. The third-order valence-corrected chi connectivity index (χ3v) is 6.25. The highest BCUT2D eigenvalue weighted by atomic mass is 32.1. The zero-order valence-electron chi connectivity index (χ0n) is 15.6. The van der Waals surface area contributed by atoms with E-state index in [9.17, 15) is 9.59 Å². The van der Waals surface area contributed by atoms with Crippen LogP contribution in [0.1, 0.15) is 24.3 Å². The number of aryl methyl sites for hydroxylation is 1. The van der Waals surface area contributed by atoms with Crippen LogP contribution in [0.25, 0.3) is 10.2 Å². The Morgan fingerprint density at radius 1 is 1.04 bits per heavy atom. The number of thiazole rings is 1. The van der Waals surface area contributed by atoms with Gasteiger partial charge in [-0.3, -0.25) is 9.59 Å². The number of likely N-dealkylation sites (tertiary alicyclic amines) is 1. The Bertz CT molecular complexity index is 929. The first-order valence-corrected chi connectivity index (χ1v) is 10.5. The van der Waals surface area contributed by atoms with Gasteiger partial charge in [0.15, 0.2) is 0 Å². The van der Waals surface area contributed by atoms with Crippen molar-refractivity contribution in [3.63, 3.8) is 0 Å². The molecule has 4 rings (SSSR count). The minimum absolute atomic E-state index is 0.0338. The van der Waals surface area contributed by atoms with Crippen LogP contribution in [0.5, 0.6) is 0 Å². The van der Waals surface area contributed by atoms with E-state index in [2.05, 4.69) is 16.4 Å². The number of piperidine rings is 1. The molecule has 28 heavy (non-hydrogen) atoms. The van der Waals surface area contributed by atoms with Crippen molar-refractivity contribution >= 4 is 39.1 Å². The number of carbonyl (C=O) groups is 2. The second kappa shape index (κ2) is 8.52. The van der Waals surface area contributed by atoms with Crippen LogP contribution in [-0.2, 0) is 16.0 Å². The summed E-state index contributed by atoms with van der Waals surface area (Å²) in [7, 11) is 0. The fraction of sp³-hybridized carbons (Fsp3) is 0.318. The van der Waals surface area contributed by atoms with Gasteiger partial charge in [-0.2, -0.15) is 0 Å². The topological polar surface area (TPSA) is 62.3 Å². The molecule has 2 aromatic carbocycles. The predicted octanol–water partition coefficient (Wildman–Crippen LogP) is 4.11. The maximum Gasteiger partial charge on any atom is 0.227 e. The number of benzene rings is 2. The van der Waals surface area contributed by atoms with Crippen molar-refractivity contribution in [1.82, 2.24) is 9.88 Å². The van der Waals surface area contributed by atoms with Crippen molar-refractivity contribution < 1.29 is 9.59 Å². The molecule has 1 aliphatic heterocycles. The van der Waals surface area contributed by atoms with E-state index in [0.717, 1.165) is 20.9 Å². The summed E-state index contributed by atoms with van der Waals surface area (Å²) >= 11 is 1.66. The van der Waals surface area contributed by atoms with Crippen LogP contribution >= 0.6 is 11.3 Å². The number of para-hydroxylation sites is 2. The summed E-state index contributed by atoms with van der Waals surface area (Å²) in [6, 6.07) is 17.6. The Kier molecular flexibility index (Phi) is 5.67. The summed E-state index contributed by atoms with van der Waals surface area (Å²) in [6.07, 6.45) is 2.57. The molecule has 5 nitrogen and oxygen atoms in total. The first-order chi connectivity index (χ1) is 13.7. The first-order valence-electron chi connectivity index (χ1n) is 9.67. The van der Waals surface area contributed by atoms with E-state index in [1.807, 2.05) is 53.4 Å². The number of fused-ring (bicyclic) bond motifs is 1. The van der Waals surface area contributed by atoms with Crippen LogP contribution in [0.3, 0.4) is 0 Å². The summed E-state index contributed by atoms with van der Waals surface area (Å²) in [4.78, 5) is 31.5. The van der Waals surface area contributed by atoms with Crippen molar-refractivity contribution in [1.29, 1.82) is 0 Å². The molecule has 1 aliphatic rings. The second-order valence-electron chi connectivity index (χ2n) is 7.09. The number of amides is 2. The van der Waals surface area contributed by atoms with Crippen LogP contribution in [0.15, 0.2) is 54.6 Å². The molecule has 144 valence electrons. The molecule has 0 unspecified atom stereocenters. The van der Waals surface area contributed by atoms with Gasteiger partial charge in [-0.15, -0.1) is 11.3 Å². The average Bonchev–Trinajstić information content (AvgIpc) is 3.16. The van der Waals surface area contributed by atoms with E-state index >= 15 is 0 Å². The van der Waals surface area contributed by atoms with Gasteiger partial charge in [0.1, 0.15) is 0 Å². The maximum absolute atomic E-state index is 12.6. The maximum atomic E-state index is 12.6. The lowest BCUT2D eigenvalue weighted by Crippen LogP contribution is -2.41. The van der Waals surface area contributed by atoms with Crippen molar-refractivity contribution in [2.24, 2.45) is 5.92 Å². The molecule has 6 heteroatoms. The van der Waals surface area contributed by atoms with Crippen LogP contribution in [0.4, 0.5) is 5.69 Å². The second-order valence-corrected chi connectivity index (χ2v) is 8.20. The minimum Gasteiger partial charge on any atom is -0.343 e. The number of hydrogen-bond acceptors (Lipinski definition) is 4. The van der Waals surface area contributed by atoms with Gasteiger partial charge in [-0.05, 0) is 37.1 Å². The Labute approximate surface area is 168 Å². The van der Waals surface area contributed by atoms with Crippen molar-refractivity contribution in [3.8, 4) is 0 Å². The molecule has 1 aromatic heterocycles. The van der Waals surface area contributed by atoms with Gasteiger partial charge < -0.3 is 10.2 Å². The highest BCUT2D eigenvalue weighted by molar-refractivity contribution is 7.18.